The monoisotopic (exact) mass is 435 g/mol. The number of thioether (sulfide) groups is 1. The molecular weight excluding hydrogens is 422 g/mol. The molecule has 1 aromatic heterocycles. The van der Waals surface area contributed by atoms with Gasteiger partial charge >= 0.3 is 0 Å². The van der Waals surface area contributed by atoms with E-state index >= 15 is 0 Å². The molecule has 0 fully saturated rings. The second kappa shape index (κ2) is 6.51. The molecule has 128 valence electrons. The van der Waals surface area contributed by atoms with Crippen molar-refractivity contribution in [1.29, 1.82) is 0 Å². The number of hydrogen-bond donors (Lipinski definition) is 1. The SMILES string of the molecule is O=S(=O)(Nc1cccc(-c2cn3c(n2)SCC3)c1)c1ccc(Br)cc1. The molecule has 8 heteroatoms. The third-order valence-electron chi connectivity index (χ3n) is 3.84. The number of halogens is 1. The Labute approximate surface area is 158 Å². The van der Waals surface area contributed by atoms with Gasteiger partial charge in [-0.05, 0) is 36.4 Å². The maximum absolute atomic E-state index is 12.5. The molecule has 0 unspecified atom stereocenters. The zero-order valence-corrected chi connectivity index (χ0v) is 16.2. The summed E-state index contributed by atoms with van der Waals surface area (Å²) in [5, 5.41) is 1.01. The smallest absolute Gasteiger partial charge is 0.261 e. The van der Waals surface area contributed by atoms with Crippen LogP contribution in [0.15, 0.2) is 69.3 Å². The number of nitrogens with zero attached hydrogens (tertiary/aromatic N) is 2. The van der Waals surface area contributed by atoms with Gasteiger partial charge in [-0.3, -0.25) is 4.72 Å². The number of anilines is 1. The third-order valence-corrected chi connectivity index (χ3v) is 6.73. The summed E-state index contributed by atoms with van der Waals surface area (Å²) in [6, 6.07) is 13.8. The Morgan fingerprint density at radius 3 is 2.72 bits per heavy atom. The molecule has 3 aromatic rings. The van der Waals surface area contributed by atoms with Crippen LogP contribution in [0.3, 0.4) is 0 Å². The summed E-state index contributed by atoms with van der Waals surface area (Å²) in [7, 11) is -3.63. The summed E-state index contributed by atoms with van der Waals surface area (Å²) in [4.78, 5) is 4.83. The Hall–Kier alpha value is -1.77. The highest BCUT2D eigenvalue weighted by Crippen LogP contribution is 2.30. The Morgan fingerprint density at radius 1 is 1.16 bits per heavy atom. The van der Waals surface area contributed by atoms with Crippen molar-refractivity contribution in [2.45, 2.75) is 16.6 Å². The number of aryl methyl sites for hydroxylation is 1. The zero-order chi connectivity index (χ0) is 17.4. The zero-order valence-electron chi connectivity index (χ0n) is 13.0. The van der Waals surface area contributed by atoms with Crippen LogP contribution in [0.25, 0.3) is 11.3 Å². The summed E-state index contributed by atoms with van der Waals surface area (Å²) in [5.41, 5.74) is 2.26. The average Bonchev–Trinajstić information content (AvgIpc) is 3.17. The Balaban J connectivity index is 1.62. The first-order chi connectivity index (χ1) is 12.0. The number of imidazole rings is 1. The van der Waals surface area contributed by atoms with E-state index in [0.717, 1.165) is 33.2 Å². The van der Waals surface area contributed by atoms with Gasteiger partial charge in [0.2, 0.25) is 0 Å². The number of aromatic nitrogens is 2. The maximum atomic E-state index is 12.5. The minimum Gasteiger partial charge on any atom is -0.325 e. The van der Waals surface area contributed by atoms with Gasteiger partial charge in [0.1, 0.15) is 0 Å². The van der Waals surface area contributed by atoms with E-state index < -0.39 is 10.0 Å². The fourth-order valence-electron chi connectivity index (χ4n) is 2.62. The third kappa shape index (κ3) is 3.47. The highest BCUT2D eigenvalue weighted by atomic mass is 79.9. The topological polar surface area (TPSA) is 64.0 Å². The van der Waals surface area contributed by atoms with Gasteiger partial charge in [0.15, 0.2) is 5.16 Å². The molecule has 0 radical (unpaired) electrons. The van der Waals surface area contributed by atoms with Gasteiger partial charge < -0.3 is 4.57 Å². The van der Waals surface area contributed by atoms with Gasteiger partial charge in [-0.15, -0.1) is 0 Å². The first kappa shape index (κ1) is 16.7. The quantitative estimate of drug-likeness (QED) is 0.665. The summed E-state index contributed by atoms with van der Waals surface area (Å²) >= 11 is 5.04. The van der Waals surface area contributed by atoms with Crippen molar-refractivity contribution in [1.82, 2.24) is 9.55 Å². The van der Waals surface area contributed by atoms with Crippen molar-refractivity contribution in [3.05, 3.63) is 59.2 Å². The number of rotatable bonds is 4. The highest BCUT2D eigenvalue weighted by molar-refractivity contribution is 9.10. The molecule has 0 saturated carbocycles. The Kier molecular flexibility index (Phi) is 4.35. The van der Waals surface area contributed by atoms with Gasteiger partial charge in [-0.1, -0.05) is 39.8 Å². The van der Waals surface area contributed by atoms with Crippen molar-refractivity contribution in [3.8, 4) is 11.3 Å². The molecule has 2 heterocycles. The Bertz CT molecular complexity index is 1010. The number of nitrogens with one attached hydrogen (secondary N) is 1. The lowest BCUT2D eigenvalue weighted by Gasteiger charge is -2.09. The molecule has 0 saturated heterocycles. The van der Waals surface area contributed by atoms with Crippen LogP contribution >= 0.6 is 27.7 Å². The van der Waals surface area contributed by atoms with E-state index in [1.807, 2.05) is 18.3 Å². The molecule has 1 aliphatic heterocycles. The minimum atomic E-state index is -3.63. The van der Waals surface area contributed by atoms with E-state index in [2.05, 4.69) is 30.2 Å². The second-order valence-corrected chi connectivity index (χ2v) is 9.25. The van der Waals surface area contributed by atoms with Crippen LogP contribution in [0.1, 0.15) is 0 Å². The van der Waals surface area contributed by atoms with Gasteiger partial charge in [-0.25, -0.2) is 13.4 Å². The van der Waals surface area contributed by atoms with Crippen molar-refractivity contribution in [2.75, 3.05) is 10.5 Å². The molecule has 0 spiro atoms. The number of fused-ring (bicyclic) bond motifs is 1. The van der Waals surface area contributed by atoms with Gasteiger partial charge in [0.25, 0.3) is 10.0 Å². The van der Waals surface area contributed by atoms with Crippen molar-refractivity contribution in [2.24, 2.45) is 0 Å². The van der Waals surface area contributed by atoms with Crippen LogP contribution in [-0.4, -0.2) is 23.7 Å². The van der Waals surface area contributed by atoms with Crippen LogP contribution in [0.4, 0.5) is 5.69 Å². The van der Waals surface area contributed by atoms with Gasteiger partial charge in [0.05, 0.1) is 10.6 Å². The second-order valence-electron chi connectivity index (χ2n) is 5.59. The fourth-order valence-corrected chi connectivity index (χ4v) is 4.88. The molecule has 1 N–H and O–H groups in total. The summed E-state index contributed by atoms with van der Waals surface area (Å²) in [6.45, 7) is 0.961. The van der Waals surface area contributed by atoms with E-state index in [1.54, 1.807) is 48.2 Å². The maximum Gasteiger partial charge on any atom is 0.261 e. The van der Waals surface area contributed by atoms with Crippen LogP contribution in [-0.2, 0) is 16.6 Å². The number of benzene rings is 2. The number of hydrogen-bond acceptors (Lipinski definition) is 4. The molecule has 0 atom stereocenters. The number of sulfonamides is 1. The van der Waals surface area contributed by atoms with Crippen LogP contribution in [0, 0.1) is 0 Å². The van der Waals surface area contributed by atoms with Gasteiger partial charge in [0, 0.05) is 34.2 Å². The highest BCUT2D eigenvalue weighted by Gasteiger charge is 2.17. The average molecular weight is 436 g/mol. The molecule has 1 aliphatic rings. The molecular formula is C17H14BrN3O2S2. The van der Waals surface area contributed by atoms with E-state index in [1.165, 1.54) is 0 Å². The van der Waals surface area contributed by atoms with E-state index in [-0.39, 0.29) is 4.90 Å². The molecule has 0 aliphatic carbocycles. The predicted molar refractivity (Wildman–Crippen MR) is 103 cm³/mol. The molecule has 2 aromatic carbocycles. The molecule has 25 heavy (non-hydrogen) atoms. The normalized spacial score (nSPS) is 13.6. The first-order valence-electron chi connectivity index (χ1n) is 7.60. The minimum absolute atomic E-state index is 0.221. The largest absolute Gasteiger partial charge is 0.325 e. The van der Waals surface area contributed by atoms with Crippen molar-refractivity contribution < 1.29 is 8.42 Å². The van der Waals surface area contributed by atoms with Crippen LogP contribution in [0.5, 0.6) is 0 Å². The summed E-state index contributed by atoms with van der Waals surface area (Å²) in [6.07, 6.45) is 2.01. The standard InChI is InChI=1S/C17H14BrN3O2S2/c18-13-4-6-15(7-5-13)25(22,23)20-14-3-1-2-12(10-14)16-11-21-8-9-24-17(21)19-16/h1-7,10-11,20H,8-9H2. The van der Waals surface area contributed by atoms with Crippen LogP contribution in [0.2, 0.25) is 0 Å². The Morgan fingerprint density at radius 2 is 1.96 bits per heavy atom. The molecule has 0 bridgehead atoms. The molecule has 5 nitrogen and oxygen atoms in total. The summed E-state index contributed by atoms with van der Waals surface area (Å²) < 4.78 is 30.6. The van der Waals surface area contributed by atoms with Crippen LogP contribution < -0.4 is 4.72 Å². The van der Waals surface area contributed by atoms with Crippen molar-refractivity contribution in [3.63, 3.8) is 0 Å². The van der Waals surface area contributed by atoms with E-state index in [0.29, 0.717) is 5.69 Å². The fraction of sp³-hybridized carbons (Fsp3) is 0.118. The van der Waals surface area contributed by atoms with Gasteiger partial charge in [-0.2, -0.15) is 0 Å². The summed E-state index contributed by atoms with van der Waals surface area (Å²) in [5.74, 6) is 1.05. The predicted octanol–water partition coefficient (Wildman–Crippen LogP) is 4.22. The van der Waals surface area contributed by atoms with E-state index in [9.17, 15) is 8.42 Å². The first-order valence-corrected chi connectivity index (χ1v) is 10.9. The molecule has 4 rings (SSSR count). The van der Waals surface area contributed by atoms with Crippen molar-refractivity contribution >= 4 is 43.4 Å². The lowest BCUT2D eigenvalue weighted by molar-refractivity contribution is 0.601. The lowest BCUT2D eigenvalue weighted by atomic mass is 10.1. The lowest BCUT2D eigenvalue weighted by Crippen LogP contribution is -2.12. The van der Waals surface area contributed by atoms with E-state index in [4.69, 9.17) is 0 Å². The molecule has 0 amide bonds.